The van der Waals surface area contributed by atoms with Crippen molar-refractivity contribution in [1.82, 2.24) is 15.0 Å². The van der Waals surface area contributed by atoms with Crippen LogP contribution in [0.2, 0.25) is 0 Å². The van der Waals surface area contributed by atoms with E-state index in [1.54, 1.807) is 7.05 Å². The first-order valence-electron chi connectivity index (χ1n) is 6.94. The van der Waals surface area contributed by atoms with Crippen LogP contribution in [0, 0.1) is 11.8 Å². The molecule has 1 fully saturated rings. The van der Waals surface area contributed by atoms with Crippen LogP contribution in [0.25, 0.3) is 0 Å². The monoisotopic (exact) mass is 265 g/mol. The van der Waals surface area contributed by atoms with E-state index in [1.807, 2.05) is 6.92 Å². The third-order valence-electron chi connectivity index (χ3n) is 3.25. The quantitative estimate of drug-likeness (QED) is 0.895. The lowest BCUT2D eigenvalue weighted by molar-refractivity contribution is 0.309. The summed E-state index contributed by atoms with van der Waals surface area (Å²) in [5.74, 6) is 2.59. The molecule has 2 rings (SSSR count). The Bertz CT molecular complexity index is 415. The second kappa shape index (κ2) is 6.04. The molecule has 0 bridgehead atoms. The minimum absolute atomic E-state index is 0.391. The van der Waals surface area contributed by atoms with Crippen molar-refractivity contribution in [2.75, 3.05) is 37.0 Å². The third kappa shape index (κ3) is 3.45. The fourth-order valence-electron chi connectivity index (χ4n) is 2.62. The number of hydrogen-bond donors (Lipinski definition) is 1. The predicted octanol–water partition coefficient (Wildman–Crippen LogP) is 1.79. The Hall–Kier alpha value is -1.59. The van der Waals surface area contributed by atoms with Crippen LogP contribution in [-0.2, 0) is 0 Å². The Kier molecular flexibility index (Phi) is 4.39. The smallest absolute Gasteiger partial charge is 0.323 e. The summed E-state index contributed by atoms with van der Waals surface area (Å²) in [4.78, 5) is 15.3. The summed E-state index contributed by atoms with van der Waals surface area (Å²) in [6, 6.07) is 0.391. The van der Waals surface area contributed by atoms with Gasteiger partial charge in [0.1, 0.15) is 0 Å². The fourth-order valence-corrected chi connectivity index (χ4v) is 2.62. The lowest BCUT2D eigenvalue weighted by Crippen LogP contribution is -2.39. The van der Waals surface area contributed by atoms with E-state index in [0.717, 1.165) is 13.1 Å². The maximum Gasteiger partial charge on any atom is 0.323 e. The van der Waals surface area contributed by atoms with Gasteiger partial charge in [-0.25, -0.2) is 0 Å². The van der Waals surface area contributed by atoms with Crippen molar-refractivity contribution in [3.05, 3.63) is 0 Å². The number of nitrogens with one attached hydrogen (secondary N) is 1. The first kappa shape index (κ1) is 13.8. The Labute approximate surface area is 114 Å². The molecule has 0 aliphatic carbocycles. The summed E-state index contributed by atoms with van der Waals surface area (Å²) in [5.41, 5.74) is 0. The van der Waals surface area contributed by atoms with E-state index in [9.17, 15) is 0 Å². The Morgan fingerprint density at radius 1 is 1.21 bits per heavy atom. The predicted molar refractivity (Wildman–Crippen MR) is 75.7 cm³/mol. The zero-order valence-corrected chi connectivity index (χ0v) is 12.2. The molecule has 6 heteroatoms. The molecule has 2 unspecified atom stereocenters. The van der Waals surface area contributed by atoms with Gasteiger partial charge in [-0.15, -0.1) is 0 Å². The molecule has 0 spiro atoms. The van der Waals surface area contributed by atoms with Crippen molar-refractivity contribution in [1.29, 1.82) is 0 Å². The van der Waals surface area contributed by atoms with Gasteiger partial charge in [0.05, 0.1) is 6.61 Å². The maximum absolute atomic E-state index is 5.40. The highest BCUT2D eigenvalue weighted by Gasteiger charge is 2.24. The summed E-state index contributed by atoms with van der Waals surface area (Å²) in [5, 5.41) is 2.96. The zero-order valence-electron chi connectivity index (χ0n) is 12.2. The molecular formula is C13H23N5O. The molecule has 1 aromatic heterocycles. The molecule has 6 nitrogen and oxygen atoms in total. The fraction of sp³-hybridized carbons (Fsp3) is 0.769. The van der Waals surface area contributed by atoms with E-state index >= 15 is 0 Å². The third-order valence-corrected chi connectivity index (χ3v) is 3.25. The average Bonchev–Trinajstić information content (AvgIpc) is 2.37. The van der Waals surface area contributed by atoms with Crippen LogP contribution in [0.5, 0.6) is 6.01 Å². The van der Waals surface area contributed by atoms with Crippen LogP contribution in [0.1, 0.15) is 27.2 Å². The summed E-state index contributed by atoms with van der Waals surface area (Å²) >= 11 is 0. The standard InChI is InChI=1S/C13H23N5O/c1-5-19-13-16-11(14-4)15-12(17-13)18-7-9(2)6-10(3)8-18/h9-10H,5-8H2,1-4H3,(H,14,15,16,17). The molecular weight excluding hydrogens is 242 g/mol. The van der Waals surface area contributed by atoms with Gasteiger partial charge in [-0.05, 0) is 25.2 Å². The summed E-state index contributed by atoms with van der Waals surface area (Å²) < 4.78 is 5.40. The molecule has 106 valence electrons. The van der Waals surface area contributed by atoms with Crippen molar-refractivity contribution in [2.45, 2.75) is 27.2 Å². The first-order valence-corrected chi connectivity index (χ1v) is 6.94. The van der Waals surface area contributed by atoms with E-state index in [-0.39, 0.29) is 0 Å². The van der Waals surface area contributed by atoms with Gasteiger partial charge < -0.3 is 15.0 Å². The number of hydrogen-bond acceptors (Lipinski definition) is 6. The van der Waals surface area contributed by atoms with Gasteiger partial charge in [0.15, 0.2) is 0 Å². The zero-order chi connectivity index (χ0) is 13.8. The maximum atomic E-state index is 5.40. The minimum Gasteiger partial charge on any atom is -0.464 e. The molecule has 1 aliphatic rings. The highest BCUT2D eigenvalue weighted by Crippen LogP contribution is 2.25. The number of anilines is 2. The van der Waals surface area contributed by atoms with Gasteiger partial charge in [0.25, 0.3) is 0 Å². The van der Waals surface area contributed by atoms with E-state index in [4.69, 9.17) is 4.74 Å². The molecule has 1 aliphatic heterocycles. The summed E-state index contributed by atoms with van der Waals surface area (Å²) in [7, 11) is 1.80. The highest BCUT2D eigenvalue weighted by molar-refractivity contribution is 5.38. The Morgan fingerprint density at radius 2 is 1.89 bits per heavy atom. The molecule has 0 aromatic carbocycles. The average molecular weight is 265 g/mol. The van der Waals surface area contributed by atoms with Crippen molar-refractivity contribution >= 4 is 11.9 Å². The number of ether oxygens (including phenoxy) is 1. The van der Waals surface area contributed by atoms with Crippen molar-refractivity contribution < 1.29 is 4.74 Å². The molecule has 1 aromatic rings. The van der Waals surface area contributed by atoms with Gasteiger partial charge in [0.2, 0.25) is 11.9 Å². The van der Waals surface area contributed by atoms with E-state index in [1.165, 1.54) is 6.42 Å². The molecule has 0 radical (unpaired) electrons. The lowest BCUT2D eigenvalue weighted by atomic mass is 9.92. The lowest BCUT2D eigenvalue weighted by Gasteiger charge is -2.35. The Balaban J connectivity index is 2.24. The van der Waals surface area contributed by atoms with E-state index < -0.39 is 0 Å². The number of nitrogens with zero attached hydrogens (tertiary/aromatic N) is 4. The number of rotatable bonds is 4. The second-order valence-electron chi connectivity index (χ2n) is 5.28. The van der Waals surface area contributed by atoms with Crippen LogP contribution in [0.15, 0.2) is 0 Å². The molecule has 2 atom stereocenters. The number of aromatic nitrogens is 3. The molecule has 0 saturated carbocycles. The van der Waals surface area contributed by atoms with Crippen LogP contribution in [0.3, 0.4) is 0 Å². The topological polar surface area (TPSA) is 63.2 Å². The van der Waals surface area contributed by atoms with Crippen LogP contribution < -0.4 is 15.0 Å². The van der Waals surface area contributed by atoms with Gasteiger partial charge in [-0.2, -0.15) is 15.0 Å². The van der Waals surface area contributed by atoms with Gasteiger partial charge in [0, 0.05) is 20.1 Å². The van der Waals surface area contributed by atoms with Crippen LogP contribution in [0.4, 0.5) is 11.9 Å². The van der Waals surface area contributed by atoms with Crippen molar-refractivity contribution in [3.63, 3.8) is 0 Å². The molecule has 1 N–H and O–H groups in total. The van der Waals surface area contributed by atoms with Gasteiger partial charge in [-0.3, -0.25) is 0 Å². The summed E-state index contributed by atoms with van der Waals surface area (Å²) in [6.07, 6.45) is 1.26. The summed E-state index contributed by atoms with van der Waals surface area (Å²) in [6.45, 7) is 9.00. The first-order chi connectivity index (χ1) is 9.12. The second-order valence-corrected chi connectivity index (χ2v) is 5.28. The van der Waals surface area contributed by atoms with E-state index in [2.05, 4.69) is 39.0 Å². The van der Waals surface area contributed by atoms with E-state index in [0.29, 0.717) is 36.3 Å². The van der Waals surface area contributed by atoms with Crippen molar-refractivity contribution in [2.24, 2.45) is 11.8 Å². The van der Waals surface area contributed by atoms with Crippen molar-refractivity contribution in [3.8, 4) is 6.01 Å². The number of piperidine rings is 1. The van der Waals surface area contributed by atoms with Crippen LogP contribution in [-0.4, -0.2) is 41.7 Å². The largest absolute Gasteiger partial charge is 0.464 e. The normalized spacial score (nSPS) is 23.3. The Morgan fingerprint density at radius 3 is 2.47 bits per heavy atom. The molecule has 2 heterocycles. The highest BCUT2D eigenvalue weighted by atomic mass is 16.5. The molecule has 1 saturated heterocycles. The van der Waals surface area contributed by atoms with Gasteiger partial charge in [-0.1, -0.05) is 13.8 Å². The molecule has 19 heavy (non-hydrogen) atoms. The van der Waals surface area contributed by atoms with Gasteiger partial charge >= 0.3 is 6.01 Å². The molecule has 0 amide bonds. The van der Waals surface area contributed by atoms with Crippen LogP contribution >= 0.6 is 0 Å². The minimum atomic E-state index is 0.391. The SMILES string of the molecule is CCOc1nc(NC)nc(N2CC(C)CC(C)C2)n1.